The number of nitrogens with zero attached hydrogens (tertiary/aromatic N) is 2. The number of anilines is 1. The quantitative estimate of drug-likeness (QED) is 0.744. The molecule has 3 rings (SSSR count). The van der Waals surface area contributed by atoms with Crippen LogP contribution in [0.25, 0.3) is 10.8 Å². The van der Waals surface area contributed by atoms with E-state index in [0.29, 0.717) is 0 Å². The Morgan fingerprint density at radius 1 is 1.24 bits per heavy atom. The minimum atomic E-state index is -0.225. The maximum absolute atomic E-state index is 12.3. The maximum atomic E-state index is 12.3. The first-order valence-corrected chi connectivity index (χ1v) is 8.21. The zero-order chi connectivity index (χ0) is 14.7. The number of fused-ring (bicyclic) bond motifs is 1. The van der Waals surface area contributed by atoms with E-state index < -0.39 is 0 Å². The third-order valence-electron chi connectivity index (χ3n) is 3.03. The number of rotatable bonds is 4. The lowest BCUT2D eigenvalue weighted by Gasteiger charge is -2.12. The normalized spacial score (nSPS) is 12.2. The van der Waals surface area contributed by atoms with Crippen molar-refractivity contribution in [3.63, 3.8) is 0 Å². The van der Waals surface area contributed by atoms with Crippen LogP contribution in [0.2, 0.25) is 0 Å². The van der Waals surface area contributed by atoms with Crippen LogP contribution in [0.1, 0.15) is 6.92 Å². The van der Waals surface area contributed by atoms with Gasteiger partial charge in [-0.25, -0.2) is 0 Å². The van der Waals surface area contributed by atoms with E-state index in [2.05, 4.69) is 15.5 Å². The van der Waals surface area contributed by atoms with Gasteiger partial charge in [-0.05, 0) is 18.4 Å². The third-order valence-corrected chi connectivity index (χ3v) is 4.95. The van der Waals surface area contributed by atoms with E-state index in [1.807, 2.05) is 49.4 Å². The van der Waals surface area contributed by atoms with Crippen molar-refractivity contribution in [2.75, 3.05) is 5.32 Å². The number of carbonyl (C=O) groups excluding carboxylic acids is 1. The Labute approximate surface area is 130 Å². The number of nitrogens with one attached hydrogen (secondary N) is 1. The molecule has 0 fully saturated rings. The molecule has 0 radical (unpaired) electrons. The average molecular weight is 315 g/mol. The monoisotopic (exact) mass is 315 g/mol. The summed E-state index contributed by atoms with van der Waals surface area (Å²) in [5, 5.41) is 12.6. The molecule has 4 nitrogen and oxygen atoms in total. The lowest BCUT2D eigenvalue weighted by molar-refractivity contribution is -0.115. The molecule has 1 heterocycles. The van der Waals surface area contributed by atoms with Gasteiger partial charge in [0.1, 0.15) is 5.51 Å². The van der Waals surface area contributed by atoms with Gasteiger partial charge in [0.05, 0.1) is 5.25 Å². The van der Waals surface area contributed by atoms with Gasteiger partial charge in [-0.1, -0.05) is 59.5 Å². The van der Waals surface area contributed by atoms with Crippen LogP contribution in [0.4, 0.5) is 5.69 Å². The van der Waals surface area contributed by atoms with Gasteiger partial charge in [-0.15, -0.1) is 10.2 Å². The number of benzene rings is 2. The van der Waals surface area contributed by atoms with Gasteiger partial charge in [0.2, 0.25) is 5.91 Å². The Morgan fingerprint density at radius 3 is 2.86 bits per heavy atom. The minimum absolute atomic E-state index is 0.0356. The van der Waals surface area contributed by atoms with Crippen LogP contribution in [0.3, 0.4) is 0 Å². The lowest BCUT2D eigenvalue weighted by atomic mass is 10.1. The van der Waals surface area contributed by atoms with Gasteiger partial charge in [0, 0.05) is 11.1 Å². The molecule has 2 aromatic carbocycles. The van der Waals surface area contributed by atoms with Crippen LogP contribution in [0.15, 0.2) is 52.3 Å². The highest BCUT2D eigenvalue weighted by molar-refractivity contribution is 8.02. The molecule has 1 aromatic heterocycles. The fourth-order valence-corrected chi connectivity index (χ4v) is 3.61. The van der Waals surface area contributed by atoms with E-state index in [0.717, 1.165) is 20.8 Å². The summed E-state index contributed by atoms with van der Waals surface area (Å²) < 4.78 is 0.801. The van der Waals surface area contributed by atoms with Gasteiger partial charge >= 0.3 is 0 Å². The highest BCUT2D eigenvalue weighted by Crippen LogP contribution is 2.27. The molecule has 1 N–H and O–H groups in total. The Bertz CT molecular complexity index is 753. The second kappa shape index (κ2) is 6.24. The van der Waals surface area contributed by atoms with E-state index in [1.54, 1.807) is 5.51 Å². The summed E-state index contributed by atoms with van der Waals surface area (Å²) in [6, 6.07) is 13.9. The first kappa shape index (κ1) is 14.0. The zero-order valence-electron chi connectivity index (χ0n) is 11.3. The SMILES string of the molecule is CC(Sc1nncs1)C(=O)Nc1cccc2ccccc12. The number of thioether (sulfide) groups is 1. The fourth-order valence-electron chi connectivity index (χ4n) is 1.99. The Morgan fingerprint density at radius 2 is 2.05 bits per heavy atom. The number of hydrogen-bond acceptors (Lipinski definition) is 5. The smallest absolute Gasteiger partial charge is 0.237 e. The van der Waals surface area contributed by atoms with Crippen LogP contribution in [-0.2, 0) is 4.79 Å². The van der Waals surface area contributed by atoms with Crippen LogP contribution >= 0.6 is 23.1 Å². The first-order chi connectivity index (χ1) is 10.2. The standard InChI is InChI=1S/C15H13N3OS2/c1-10(21-15-18-16-9-20-15)14(19)17-13-8-4-6-11-5-2-3-7-12(11)13/h2-10H,1H3,(H,17,19). The van der Waals surface area contributed by atoms with Crippen LogP contribution < -0.4 is 5.32 Å². The van der Waals surface area contributed by atoms with E-state index >= 15 is 0 Å². The summed E-state index contributed by atoms with van der Waals surface area (Å²) in [5.41, 5.74) is 2.50. The first-order valence-electron chi connectivity index (χ1n) is 6.45. The summed E-state index contributed by atoms with van der Waals surface area (Å²) in [6.45, 7) is 1.87. The molecule has 0 saturated heterocycles. The van der Waals surface area contributed by atoms with Gasteiger partial charge in [0.25, 0.3) is 0 Å². The van der Waals surface area contributed by atoms with Crippen molar-refractivity contribution in [2.45, 2.75) is 16.5 Å². The molecule has 21 heavy (non-hydrogen) atoms. The predicted octanol–water partition coefficient (Wildman–Crippen LogP) is 3.81. The van der Waals surface area contributed by atoms with Crippen molar-refractivity contribution < 1.29 is 4.79 Å². The van der Waals surface area contributed by atoms with Crippen molar-refractivity contribution in [3.8, 4) is 0 Å². The molecule has 0 aliphatic carbocycles. The molecule has 0 aliphatic rings. The molecule has 6 heteroatoms. The number of carbonyl (C=O) groups is 1. The topological polar surface area (TPSA) is 54.9 Å². The van der Waals surface area contributed by atoms with Crippen LogP contribution in [-0.4, -0.2) is 21.4 Å². The molecule has 1 unspecified atom stereocenters. The average Bonchev–Trinajstić information content (AvgIpc) is 3.00. The van der Waals surface area contributed by atoms with Crippen LogP contribution in [0.5, 0.6) is 0 Å². The van der Waals surface area contributed by atoms with Gasteiger partial charge in [-0.3, -0.25) is 4.79 Å². The molecular weight excluding hydrogens is 302 g/mol. The van der Waals surface area contributed by atoms with E-state index in [1.165, 1.54) is 23.1 Å². The second-order valence-corrected chi connectivity index (χ2v) is 6.90. The molecule has 0 bridgehead atoms. The van der Waals surface area contributed by atoms with Crippen molar-refractivity contribution in [2.24, 2.45) is 0 Å². The maximum Gasteiger partial charge on any atom is 0.237 e. The summed E-state index contributed by atoms with van der Waals surface area (Å²) >= 11 is 2.85. The molecule has 106 valence electrons. The van der Waals surface area contributed by atoms with Crippen molar-refractivity contribution in [3.05, 3.63) is 48.0 Å². The number of hydrogen-bond donors (Lipinski definition) is 1. The third kappa shape index (κ3) is 3.22. The Hall–Kier alpha value is -1.92. The van der Waals surface area contributed by atoms with Gasteiger partial charge < -0.3 is 5.32 Å². The molecule has 0 saturated carbocycles. The lowest BCUT2D eigenvalue weighted by Crippen LogP contribution is -2.22. The summed E-state index contributed by atoms with van der Waals surface area (Å²) in [5.74, 6) is -0.0356. The molecule has 0 spiro atoms. The largest absolute Gasteiger partial charge is 0.325 e. The molecule has 1 amide bonds. The van der Waals surface area contributed by atoms with E-state index in [9.17, 15) is 4.79 Å². The zero-order valence-corrected chi connectivity index (χ0v) is 12.9. The van der Waals surface area contributed by atoms with E-state index in [-0.39, 0.29) is 11.2 Å². The molecular formula is C15H13N3OS2. The van der Waals surface area contributed by atoms with Crippen molar-refractivity contribution in [1.29, 1.82) is 0 Å². The minimum Gasteiger partial charge on any atom is -0.325 e. The van der Waals surface area contributed by atoms with E-state index in [4.69, 9.17) is 0 Å². The number of amides is 1. The van der Waals surface area contributed by atoms with Crippen molar-refractivity contribution in [1.82, 2.24) is 10.2 Å². The van der Waals surface area contributed by atoms with Crippen molar-refractivity contribution >= 4 is 45.5 Å². The molecule has 3 aromatic rings. The second-order valence-electron chi connectivity index (χ2n) is 4.48. The summed E-state index contributed by atoms with van der Waals surface area (Å²) in [7, 11) is 0. The summed E-state index contributed by atoms with van der Waals surface area (Å²) in [4.78, 5) is 12.3. The highest BCUT2D eigenvalue weighted by Gasteiger charge is 2.16. The fraction of sp³-hybridized carbons (Fsp3) is 0.133. The van der Waals surface area contributed by atoms with Gasteiger partial charge in [0.15, 0.2) is 4.34 Å². The number of aromatic nitrogens is 2. The summed E-state index contributed by atoms with van der Waals surface area (Å²) in [6.07, 6.45) is 0. The Kier molecular flexibility index (Phi) is 4.17. The molecule has 1 atom stereocenters. The van der Waals surface area contributed by atoms with Gasteiger partial charge in [-0.2, -0.15) is 0 Å². The predicted molar refractivity (Wildman–Crippen MR) is 87.8 cm³/mol. The Balaban J connectivity index is 1.77. The van der Waals surface area contributed by atoms with Crippen LogP contribution in [0, 0.1) is 0 Å². The molecule has 0 aliphatic heterocycles. The highest BCUT2D eigenvalue weighted by atomic mass is 32.2.